The Morgan fingerprint density at radius 3 is 2.15 bits per heavy atom. The molecule has 0 aromatic rings. The first-order valence-electron chi connectivity index (χ1n) is 5.56. The van der Waals surface area contributed by atoms with E-state index < -0.39 is 0 Å². The summed E-state index contributed by atoms with van der Waals surface area (Å²) in [5.74, 6) is 0. The summed E-state index contributed by atoms with van der Waals surface area (Å²) in [6.45, 7) is 8.84. The van der Waals surface area contributed by atoms with Crippen molar-refractivity contribution >= 4 is 0 Å². The third-order valence-corrected chi connectivity index (χ3v) is 3.04. The Morgan fingerprint density at radius 1 is 1.15 bits per heavy atom. The SMILES string of the molecule is CCCCNCC(CC)(CC)CO. The van der Waals surface area contributed by atoms with Gasteiger partial charge in [0.15, 0.2) is 0 Å². The second kappa shape index (κ2) is 7.34. The summed E-state index contributed by atoms with van der Waals surface area (Å²) in [6.07, 6.45) is 4.57. The first kappa shape index (κ1) is 12.9. The molecule has 0 saturated heterocycles. The minimum atomic E-state index is 0.119. The van der Waals surface area contributed by atoms with Crippen LogP contribution in [0, 0.1) is 5.41 Å². The van der Waals surface area contributed by atoms with Gasteiger partial charge in [0.05, 0.1) is 0 Å². The molecule has 0 amide bonds. The molecule has 13 heavy (non-hydrogen) atoms. The van der Waals surface area contributed by atoms with Crippen LogP contribution in [0.1, 0.15) is 46.5 Å². The van der Waals surface area contributed by atoms with E-state index >= 15 is 0 Å². The molecule has 0 rings (SSSR count). The summed E-state index contributed by atoms with van der Waals surface area (Å²) < 4.78 is 0. The first-order chi connectivity index (χ1) is 6.24. The number of hydrogen-bond donors (Lipinski definition) is 2. The van der Waals surface area contributed by atoms with Crippen molar-refractivity contribution < 1.29 is 5.11 Å². The van der Waals surface area contributed by atoms with Crippen LogP contribution in [0.3, 0.4) is 0 Å². The third kappa shape index (κ3) is 4.63. The Morgan fingerprint density at radius 2 is 1.77 bits per heavy atom. The van der Waals surface area contributed by atoms with Gasteiger partial charge in [0.1, 0.15) is 0 Å². The molecule has 0 aromatic carbocycles. The van der Waals surface area contributed by atoms with Crippen LogP contribution in [0.25, 0.3) is 0 Å². The lowest BCUT2D eigenvalue weighted by atomic mass is 9.83. The second-order valence-corrected chi connectivity index (χ2v) is 3.90. The molecule has 80 valence electrons. The highest BCUT2D eigenvalue weighted by Gasteiger charge is 2.24. The molecule has 0 radical (unpaired) electrons. The lowest BCUT2D eigenvalue weighted by molar-refractivity contribution is 0.113. The van der Waals surface area contributed by atoms with Gasteiger partial charge in [-0.15, -0.1) is 0 Å². The van der Waals surface area contributed by atoms with Gasteiger partial charge in [-0.25, -0.2) is 0 Å². The van der Waals surface area contributed by atoms with Gasteiger partial charge in [-0.2, -0.15) is 0 Å². The van der Waals surface area contributed by atoms with E-state index in [4.69, 9.17) is 0 Å². The number of hydrogen-bond acceptors (Lipinski definition) is 2. The van der Waals surface area contributed by atoms with E-state index in [1.165, 1.54) is 12.8 Å². The monoisotopic (exact) mass is 187 g/mol. The molecule has 0 aliphatic heterocycles. The predicted molar refractivity (Wildman–Crippen MR) is 57.9 cm³/mol. The lowest BCUT2D eigenvalue weighted by Crippen LogP contribution is -2.36. The molecule has 0 bridgehead atoms. The minimum Gasteiger partial charge on any atom is -0.396 e. The van der Waals surface area contributed by atoms with Crippen LogP contribution in [0.5, 0.6) is 0 Å². The number of aliphatic hydroxyl groups excluding tert-OH is 1. The quantitative estimate of drug-likeness (QED) is 0.571. The Kier molecular flexibility index (Phi) is 7.29. The maximum Gasteiger partial charge on any atom is 0.0499 e. The second-order valence-electron chi connectivity index (χ2n) is 3.90. The van der Waals surface area contributed by atoms with Gasteiger partial charge < -0.3 is 10.4 Å². The number of unbranched alkanes of at least 4 members (excludes halogenated alkanes) is 1. The van der Waals surface area contributed by atoms with Crippen LogP contribution >= 0.6 is 0 Å². The zero-order valence-corrected chi connectivity index (χ0v) is 9.40. The number of nitrogens with one attached hydrogen (secondary N) is 1. The van der Waals surface area contributed by atoms with Crippen molar-refractivity contribution in [2.45, 2.75) is 46.5 Å². The lowest BCUT2D eigenvalue weighted by Gasteiger charge is -2.29. The maximum atomic E-state index is 9.29. The number of aliphatic hydroxyl groups is 1. The molecule has 0 spiro atoms. The fourth-order valence-corrected chi connectivity index (χ4v) is 1.43. The molecular weight excluding hydrogens is 162 g/mol. The summed E-state index contributed by atoms with van der Waals surface area (Å²) in [6, 6.07) is 0. The van der Waals surface area contributed by atoms with Gasteiger partial charge in [0.2, 0.25) is 0 Å². The average Bonchev–Trinajstić information content (AvgIpc) is 2.20. The van der Waals surface area contributed by atoms with Crippen LogP contribution in [-0.4, -0.2) is 24.8 Å². The van der Waals surface area contributed by atoms with Crippen molar-refractivity contribution in [2.24, 2.45) is 5.41 Å². The van der Waals surface area contributed by atoms with Crippen LogP contribution < -0.4 is 5.32 Å². The molecule has 0 aliphatic rings. The molecular formula is C11H25NO. The van der Waals surface area contributed by atoms with Gasteiger partial charge in [0, 0.05) is 18.6 Å². The van der Waals surface area contributed by atoms with Crippen LogP contribution in [0.4, 0.5) is 0 Å². The molecule has 0 saturated carbocycles. The summed E-state index contributed by atoms with van der Waals surface area (Å²) in [7, 11) is 0. The zero-order valence-electron chi connectivity index (χ0n) is 9.40. The van der Waals surface area contributed by atoms with Gasteiger partial charge in [-0.1, -0.05) is 27.2 Å². The van der Waals surface area contributed by atoms with E-state index in [-0.39, 0.29) is 5.41 Å². The Balaban J connectivity index is 3.68. The highest BCUT2D eigenvalue weighted by Crippen LogP contribution is 2.24. The van der Waals surface area contributed by atoms with Gasteiger partial charge in [0.25, 0.3) is 0 Å². The topological polar surface area (TPSA) is 32.3 Å². The molecule has 2 heteroatoms. The van der Waals surface area contributed by atoms with Crippen molar-refractivity contribution in [3.05, 3.63) is 0 Å². The highest BCUT2D eigenvalue weighted by atomic mass is 16.3. The van der Waals surface area contributed by atoms with Crippen molar-refractivity contribution in [1.29, 1.82) is 0 Å². The third-order valence-electron chi connectivity index (χ3n) is 3.04. The zero-order chi connectivity index (χ0) is 10.2. The minimum absolute atomic E-state index is 0.119. The smallest absolute Gasteiger partial charge is 0.0499 e. The molecule has 0 aromatic heterocycles. The van der Waals surface area contributed by atoms with Crippen molar-refractivity contribution in [1.82, 2.24) is 5.32 Å². The molecule has 0 fully saturated rings. The molecule has 2 N–H and O–H groups in total. The Bertz CT molecular complexity index is 102. The van der Waals surface area contributed by atoms with Gasteiger partial charge >= 0.3 is 0 Å². The largest absolute Gasteiger partial charge is 0.396 e. The van der Waals surface area contributed by atoms with Crippen molar-refractivity contribution in [2.75, 3.05) is 19.7 Å². The normalized spacial score (nSPS) is 12.0. The van der Waals surface area contributed by atoms with Gasteiger partial charge in [-0.05, 0) is 25.8 Å². The summed E-state index contributed by atoms with van der Waals surface area (Å²) in [5.41, 5.74) is 0.119. The molecule has 0 heterocycles. The molecule has 2 nitrogen and oxygen atoms in total. The fraction of sp³-hybridized carbons (Fsp3) is 1.00. The first-order valence-corrected chi connectivity index (χ1v) is 5.56. The summed E-state index contributed by atoms with van der Waals surface area (Å²) in [4.78, 5) is 0. The molecule has 0 atom stereocenters. The van der Waals surface area contributed by atoms with Crippen molar-refractivity contribution in [3.63, 3.8) is 0 Å². The Labute approximate surface area is 82.7 Å². The van der Waals surface area contributed by atoms with Crippen LogP contribution in [-0.2, 0) is 0 Å². The molecule has 0 aliphatic carbocycles. The van der Waals surface area contributed by atoms with Crippen LogP contribution in [0.15, 0.2) is 0 Å². The van der Waals surface area contributed by atoms with Gasteiger partial charge in [-0.3, -0.25) is 0 Å². The van der Waals surface area contributed by atoms with E-state index in [9.17, 15) is 5.11 Å². The summed E-state index contributed by atoms with van der Waals surface area (Å²) in [5, 5.41) is 12.7. The number of rotatable bonds is 8. The van der Waals surface area contributed by atoms with E-state index in [2.05, 4.69) is 26.1 Å². The predicted octanol–water partition coefficient (Wildman–Crippen LogP) is 2.17. The fourth-order valence-electron chi connectivity index (χ4n) is 1.43. The maximum absolute atomic E-state index is 9.29. The highest BCUT2D eigenvalue weighted by molar-refractivity contribution is 4.77. The average molecular weight is 187 g/mol. The standard InChI is InChI=1S/C11H25NO/c1-4-7-8-12-9-11(5-2,6-3)10-13/h12-13H,4-10H2,1-3H3. The van der Waals surface area contributed by atoms with E-state index in [0.29, 0.717) is 6.61 Å². The van der Waals surface area contributed by atoms with E-state index in [1.54, 1.807) is 0 Å². The van der Waals surface area contributed by atoms with Crippen molar-refractivity contribution in [3.8, 4) is 0 Å². The molecule has 0 unspecified atom stereocenters. The summed E-state index contributed by atoms with van der Waals surface area (Å²) >= 11 is 0. The van der Waals surface area contributed by atoms with E-state index in [1.807, 2.05) is 0 Å². The Hall–Kier alpha value is -0.0800. The van der Waals surface area contributed by atoms with Crippen LogP contribution in [0.2, 0.25) is 0 Å². The van der Waals surface area contributed by atoms with E-state index in [0.717, 1.165) is 25.9 Å².